The minimum atomic E-state index is -0.941. The molecule has 1 aromatic carbocycles. The first-order chi connectivity index (χ1) is 9.16. The highest BCUT2D eigenvalue weighted by molar-refractivity contribution is 7.99. The third-order valence-corrected chi connectivity index (χ3v) is 4.06. The van der Waals surface area contributed by atoms with E-state index >= 15 is 0 Å². The molecular formula is C14H19NO3S. The van der Waals surface area contributed by atoms with E-state index in [1.54, 1.807) is 6.92 Å². The molecule has 104 valence electrons. The fourth-order valence-corrected chi connectivity index (χ4v) is 2.97. The molecule has 0 spiro atoms. The predicted molar refractivity (Wildman–Crippen MR) is 76.8 cm³/mol. The molecule has 1 aromatic rings. The summed E-state index contributed by atoms with van der Waals surface area (Å²) < 4.78 is 5.52. The van der Waals surface area contributed by atoms with Crippen molar-refractivity contribution in [3.63, 3.8) is 0 Å². The molecule has 1 aliphatic rings. The van der Waals surface area contributed by atoms with Crippen LogP contribution in [0.5, 0.6) is 5.75 Å². The minimum Gasteiger partial charge on any atom is -0.479 e. The Hall–Kier alpha value is -1.20. The fraction of sp³-hybridized carbons (Fsp3) is 0.500. The number of benzene rings is 1. The SMILES string of the molecule is C[C@@H](Oc1ccccc1CN1CCSCC1)C(=O)O. The number of carboxylic acid groups (broad SMARTS) is 1. The van der Waals surface area contributed by atoms with Crippen LogP contribution in [0.15, 0.2) is 24.3 Å². The molecule has 1 aliphatic heterocycles. The van der Waals surface area contributed by atoms with Crippen LogP contribution in [0.4, 0.5) is 0 Å². The van der Waals surface area contributed by atoms with Crippen molar-refractivity contribution in [2.75, 3.05) is 24.6 Å². The number of hydrogen-bond acceptors (Lipinski definition) is 4. The normalized spacial score (nSPS) is 17.9. The molecule has 1 heterocycles. The Balaban J connectivity index is 2.04. The van der Waals surface area contributed by atoms with Crippen LogP contribution in [0.1, 0.15) is 12.5 Å². The van der Waals surface area contributed by atoms with Gasteiger partial charge >= 0.3 is 5.97 Å². The number of nitrogens with zero attached hydrogens (tertiary/aromatic N) is 1. The molecule has 1 atom stereocenters. The first-order valence-corrected chi connectivity index (χ1v) is 7.60. The van der Waals surface area contributed by atoms with Gasteiger partial charge in [-0.25, -0.2) is 4.79 Å². The summed E-state index contributed by atoms with van der Waals surface area (Å²) in [4.78, 5) is 13.2. The van der Waals surface area contributed by atoms with E-state index in [2.05, 4.69) is 4.90 Å². The second-order valence-corrected chi connectivity index (χ2v) is 5.82. The lowest BCUT2D eigenvalue weighted by molar-refractivity contribution is -0.144. The zero-order valence-corrected chi connectivity index (χ0v) is 11.9. The summed E-state index contributed by atoms with van der Waals surface area (Å²) in [5, 5.41) is 8.92. The van der Waals surface area contributed by atoms with Crippen LogP contribution in [0.25, 0.3) is 0 Å². The quantitative estimate of drug-likeness (QED) is 0.895. The van der Waals surface area contributed by atoms with Gasteiger partial charge in [-0.05, 0) is 13.0 Å². The molecule has 0 radical (unpaired) electrons. The van der Waals surface area contributed by atoms with Crippen LogP contribution >= 0.6 is 11.8 Å². The first kappa shape index (κ1) is 14.2. The lowest BCUT2D eigenvalue weighted by Crippen LogP contribution is -2.32. The average Bonchev–Trinajstić information content (AvgIpc) is 2.42. The Labute approximate surface area is 117 Å². The molecule has 2 rings (SSSR count). The second-order valence-electron chi connectivity index (χ2n) is 4.59. The van der Waals surface area contributed by atoms with E-state index in [1.165, 1.54) is 0 Å². The van der Waals surface area contributed by atoms with E-state index in [4.69, 9.17) is 9.84 Å². The third kappa shape index (κ3) is 4.14. The summed E-state index contributed by atoms with van der Waals surface area (Å²) in [5.41, 5.74) is 1.06. The largest absolute Gasteiger partial charge is 0.479 e. The highest BCUT2D eigenvalue weighted by Gasteiger charge is 2.17. The summed E-state index contributed by atoms with van der Waals surface area (Å²) in [5.74, 6) is 2.06. The third-order valence-electron chi connectivity index (χ3n) is 3.12. The number of rotatable bonds is 5. The summed E-state index contributed by atoms with van der Waals surface area (Å²) >= 11 is 1.98. The van der Waals surface area contributed by atoms with Gasteiger partial charge in [0.2, 0.25) is 0 Å². The summed E-state index contributed by atoms with van der Waals surface area (Å²) in [6.45, 7) is 4.53. The Bertz CT molecular complexity index is 432. The summed E-state index contributed by atoms with van der Waals surface area (Å²) in [7, 11) is 0. The number of aliphatic carboxylic acids is 1. The van der Waals surface area contributed by atoms with Gasteiger partial charge in [0.15, 0.2) is 6.10 Å². The molecule has 0 unspecified atom stereocenters. The van der Waals surface area contributed by atoms with Gasteiger partial charge in [0.05, 0.1) is 0 Å². The zero-order chi connectivity index (χ0) is 13.7. The molecule has 1 N–H and O–H groups in total. The molecular weight excluding hydrogens is 262 g/mol. The topological polar surface area (TPSA) is 49.8 Å². The van der Waals surface area contributed by atoms with Gasteiger partial charge in [-0.1, -0.05) is 18.2 Å². The Morgan fingerprint density at radius 2 is 2.11 bits per heavy atom. The summed E-state index contributed by atoms with van der Waals surface area (Å²) in [6.07, 6.45) is -0.821. The molecule has 19 heavy (non-hydrogen) atoms. The van der Waals surface area contributed by atoms with Gasteiger partial charge in [0.1, 0.15) is 5.75 Å². The molecule has 0 amide bonds. The van der Waals surface area contributed by atoms with Gasteiger partial charge in [-0.2, -0.15) is 11.8 Å². The van der Waals surface area contributed by atoms with E-state index in [0.717, 1.165) is 36.7 Å². The van der Waals surface area contributed by atoms with E-state index in [9.17, 15) is 4.79 Å². The zero-order valence-electron chi connectivity index (χ0n) is 11.0. The molecule has 0 aliphatic carbocycles. The van der Waals surface area contributed by atoms with E-state index in [1.807, 2.05) is 36.0 Å². The number of thioether (sulfide) groups is 1. The lowest BCUT2D eigenvalue weighted by Gasteiger charge is -2.27. The van der Waals surface area contributed by atoms with Crippen molar-refractivity contribution in [1.82, 2.24) is 4.90 Å². The van der Waals surface area contributed by atoms with Crippen molar-refractivity contribution in [1.29, 1.82) is 0 Å². The maximum absolute atomic E-state index is 10.9. The minimum absolute atomic E-state index is 0.677. The fourth-order valence-electron chi connectivity index (χ4n) is 1.99. The van der Waals surface area contributed by atoms with Crippen molar-refractivity contribution >= 4 is 17.7 Å². The van der Waals surface area contributed by atoms with Gasteiger partial charge in [-0.15, -0.1) is 0 Å². The van der Waals surface area contributed by atoms with Crippen molar-refractivity contribution in [3.05, 3.63) is 29.8 Å². The standard InChI is InChI=1S/C14H19NO3S/c1-11(14(16)17)18-13-5-3-2-4-12(13)10-15-6-8-19-9-7-15/h2-5,11H,6-10H2,1H3,(H,16,17)/t11-/m1/s1. The van der Waals surface area contributed by atoms with Crippen LogP contribution in [-0.2, 0) is 11.3 Å². The van der Waals surface area contributed by atoms with Gasteiger partial charge < -0.3 is 9.84 Å². The Morgan fingerprint density at radius 1 is 1.42 bits per heavy atom. The Kier molecular flexibility index (Phi) is 5.10. The smallest absolute Gasteiger partial charge is 0.344 e. The molecule has 5 heteroatoms. The number of carbonyl (C=O) groups is 1. The van der Waals surface area contributed by atoms with E-state index < -0.39 is 12.1 Å². The van der Waals surface area contributed by atoms with Crippen molar-refractivity contribution in [3.8, 4) is 5.75 Å². The van der Waals surface area contributed by atoms with Crippen molar-refractivity contribution < 1.29 is 14.6 Å². The lowest BCUT2D eigenvalue weighted by atomic mass is 10.2. The maximum Gasteiger partial charge on any atom is 0.344 e. The Morgan fingerprint density at radius 3 is 2.79 bits per heavy atom. The molecule has 0 aromatic heterocycles. The van der Waals surface area contributed by atoms with Crippen molar-refractivity contribution in [2.45, 2.75) is 19.6 Å². The van der Waals surface area contributed by atoms with Crippen LogP contribution < -0.4 is 4.74 Å². The monoisotopic (exact) mass is 281 g/mol. The second kappa shape index (κ2) is 6.82. The molecule has 0 saturated carbocycles. The first-order valence-electron chi connectivity index (χ1n) is 6.44. The molecule has 0 bridgehead atoms. The van der Waals surface area contributed by atoms with Crippen LogP contribution in [0.3, 0.4) is 0 Å². The predicted octanol–water partition coefficient (Wildman–Crippen LogP) is 2.09. The molecule has 1 saturated heterocycles. The number of para-hydroxylation sites is 1. The van der Waals surface area contributed by atoms with Crippen LogP contribution in [-0.4, -0.2) is 46.7 Å². The molecule has 4 nitrogen and oxygen atoms in total. The maximum atomic E-state index is 10.9. The summed E-state index contributed by atoms with van der Waals surface area (Å²) in [6, 6.07) is 7.69. The van der Waals surface area contributed by atoms with Crippen LogP contribution in [0.2, 0.25) is 0 Å². The van der Waals surface area contributed by atoms with Crippen LogP contribution in [0, 0.1) is 0 Å². The van der Waals surface area contributed by atoms with E-state index in [-0.39, 0.29) is 0 Å². The molecule has 1 fully saturated rings. The highest BCUT2D eigenvalue weighted by Crippen LogP contribution is 2.22. The van der Waals surface area contributed by atoms with Gasteiger partial charge in [-0.3, -0.25) is 4.90 Å². The highest BCUT2D eigenvalue weighted by atomic mass is 32.2. The van der Waals surface area contributed by atoms with E-state index in [0.29, 0.717) is 5.75 Å². The van der Waals surface area contributed by atoms with Gasteiger partial charge in [0, 0.05) is 36.7 Å². The number of carboxylic acids is 1. The van der Waals surface area contributed by atoms with Gasteiger partial charge in [0.25, 0.3) is 0 Å². The number of ether oxygens (including phenoxy) is 1. The number of hydrogen-bond donors (Lipinski definition) is 1. The average molecular weight is 281 g/mol. The van der Waals surface area contributed by atoms with Crippen molar-refractivity contribution in [2.24, 2.45) is 0 Å².